The second kappa shape index (κ2) is 1.40. The number of rotatable bonds is 0. The van der Waals surface area contributed by atoms with Crippen LogP contribution in [0.4, 0.5) is 0 Å². The van der Waals surface area contributed by atoms with Crippen molar-refractivity contribution in [1.82, 2.24) is 0 Å². The molecule has 0 spiro atoms. The van der Waals surface area contributed by atoms with Gasteiger partial charge in [0.05, 0.1) is 0 Å². The largest absolute Gasteiger partial charge is 0.301 e. The molecule has 4 heteroatoms. The summed E-state index contributed by atoms with van der Waals surface area (Å²) in [6.45, 7) is 0. The van der Waals surface area contributed by atoms with E-state index in [1.54, 1.807) is 0 Å². The van der Waals surface area contributed by atoms with E-state index in [-0.39, 0.29) is 0 Å². The zero-order valence-corrected chi connectivity index (χ0v) is 2.62. The predicted molar refractivity (Wildman–Crippen MR) is 15.3 cm³/mol. The van der Waals surface area contributed by atoms with Crippen LogP contribution in [0.25, 0.3) is 0 Å². The molecule has 26 valence electrons. The molecule has 0 fully saturated rings. The number of hydrogen-bond donors (Lipinski definition) is 3. The molecule has 0 heterocycles. The quantitative estimate of drug-likeness (QED) is 0.393. The van der Waals surface area contributed by atoms with Gasteiger partial charge < -0.3 is 9.11 Å². The van der Waals surface area contributed by atoms with Gasteiger partial charge in [0.1, 0.15) is 0 Å². The van der Waals surface area contributed by atoms with E-state index in [1.807, 2.05) is 0 Å². The highest BCUT2D eigenvalue weighted by atomic mass is 32.2. The van der Waals surface area contributed by atoms with Crippen molar-refractivity contribution in [2.75, 3.05) is 0 Å². The van der Waals surface area contributed by atoms with E-state index in [9.17, 15) is 0 Å². The maximum Gasteiger partial charge on any atom is 0.168 e. The van der Waals surface area contributed by atoms with E-state index < -0.39 is 11.3 Å². The van der Waals surface area contributed by atoms with E-state index in [2.05, 4.69) is 0 Å². The third-order valence-corrected chi connectivity index (χ3v) is 0. The summed E-state index contributed by atoms with van der Waals surface area (Å²) >= 11 is -2.11. The van der Waals surface area contributed by atoms with Crippen molar-refractivity contribution >= 4 is 11.3 Å². The van der Waals surface area contributed by atoms with E-state index >= 15 is 0 Å². The molecule has 0 radical (unpaired) electrons. The van der Waals surface area contributed by atoms with Gasteiger partial charge in [0, 0.05) is 0 Å². The van der Waals surface area contributed by atoms with Crippen molar-refractivity contribution < 1.29 is 9.11 Å². The topological polar surface area (TPSA) is 64.3 Å². The van der Waals surface area contributed by atoms with E-state index in [1.165, 1.54) is 0 Å². The average molecular weight is 81.1 g/mol. The van der Waals surface area contributed by atoms with Gasteiger partial charge in [-0.25, -0.2) is 4.78 Å². The lowest BCUT2D eigenvalue weighted by atomic mass is 14.0. The maximum atomic E-state index is 7.31. The standard InChI is InChI=1S/H3NO2S/c1-4(2)3/h(H3,1,2,3). The van der Waals surface area contributed by atoms with Gasteiger partial charge in [-0.05, 0) is 0 Å². The molecule has 0 unspecified atom stereocenters. The Hall–Kier alpha value is 0.0700. The Bertz CT molecular complexity index is 29.0. The Labute approximate surface area is 26.2 Å². The first-order chi connectivity index (χ1) is 1.73. The summed E-state index contributed by atoms with van der Waals surface area (Å²) < 4.78 is 20.3. The van der Waals surface area contributed by atoms with Gasteiger partial charge in [-0.15, -0.1) is 0 Å². The van der Waals surface area contributed by atoms with Crippen LogP contribution in [-0.4, -0.2) is 9.11 Å². The Morgan fingerprint density at radius 1 is 1.50 bits per heavy atom. The van der Waals surface area contributed by atoms with Gasteiger partial charge in [0.25, 0.3) is 0 Å². The average Bonchev–Trinajstić information content (AvgIpc) is 0.811. The first-order valence-electron chi connectivity index (χ1n) is 0.569. The fourth-order valence-corrected chi connectivity index (χ4v) is 0. The summed E-state index contributed by atoms with van der Waals surface area (Å²) in [5.41, 5.74) is 0. The van der Waals surface area contributed by atoms with Crippen LogP contribution in [0.1, 0.15) is 0 Å². The Morgan fingerprint density at radius 3 is 1.50 bits per heavy atom. The van der Waals surface area contributed by atoms with Crippen LogP contribution in [0, 0.1) is 4.78 Å². The molecular weight excluding hydrogens is 78.1 g/mol. The van der Waals surface area contributed by atoms with Gasteiger partial charge in [0.15, 0.2) is 11.3 Å². The molecule has 0 saturated carbocycles. The van der Waals surface area contributed by atoms with Gasteiger partial charge in [0.2, 0.25) is 0 Å². The molecule has 0 aliphatic rings. The van der Waals surface area contributed by atoms with Crippen LogP contribution in [0.2, 0.25) is 0 Å². The molecule has 0 aromatic carbocycles. The zero-order chi connectivity index (χ0) is 3.58. The van der Waals surface area contributed by atoms with Crippen molar-refractivity contribution in [3.05, 3.63) is 0 Å². The molecule has 0 aliphatic heterocycles. The molecule has 0 saturated heterocycles. The SMILES string of the molecule is N=S(O)O. The monoisotopic (exact) mass is 81.0 g/mol. The highest BCUT2D eigenvalue weighted by Gasteiger charge is 1.54. The molecule has 0 atom stereocenters. The Balaban J connectivity index is 2.80. The van der Waals surface area contributed by atoms with Crippen molar-refractivity contribution in [2.24, 2.45) is 0 Å². The van der Waals surface area contributed by atoms with Crippen LogP contribution in [0.3, 0.4) is 0 Å². The van der Waals surface area contributed by atoms with Crippen LogP contribution >= 0.6 is 0 Å². The molecule has 0 amide bonds. The fraction of sp³-hybridized carbons (Fsp3) is 0. The van der Waals surface area contributed by atoms with Gasteiger partial charge in [-0.1, -0.05) is 0 Å². The smallest absolute Gasteiger partial charge is 0.168 e. The van der Waals surface area contributed by atoms with E-state index in [0.717, 1.165) is 0 Å². The Kier molecular flexibility index (Phi) is 1.42. The van der Waals surface area contributed by atoms with E-state index in [0.29, 0.717) is 0 Å². The van der Waals surface area contributed by atoms with E-state index in [4.69, 9.17) is 13.9 Å². The summed E-state index contributed by atoms with van der Waals surface area (Å²) in [7, 11) is 0. The highest BCUT2D eigenvalue weighted by Crippen LogP contribution is 1.48. The Morgan fingerprint density at radius 2 is 1.50 bits per heavy atom. The zero-order valence-electron chi connectivity index (χ0n) is 1.80. The van der Waals surface area contributed by atoms with Gasteiger partial charge in [-0.2, -0.15) is 0 Å². The predicted octanol–water partition coefficient (Wildman–Crippen LogP) is 0.313. The van der Waals surface area contributed by atoms with Gasteiger partial charge >= 0.3 is 0 Å². The lowest BCUT2D eigenvalue weighted by Gasteiger charge is -1.66. The highest BCUT2D eigenvalue weighted by molar-refractivity contribution is 7.74. The van der Waals surface area contributed by atoms with Crippen molar-refractivity contribution in [1.29, 1.82) is 4.78 Å². The second-order valence-electron chi connectivity index (χ2n) is 0.264. The van der Waals surface area contributed by atoms with Crippen molar-refractivity contribution in [3.63, 3.8) is 0 Å². The van der Waals surface area contributed by atoms with Crippen molar-refractivity contribution in [2.45, 2.75) is 0 Å². The number of nitrogens with one attached hydrogen (secondary N) is 1. The second-order valence-corrected chi connectivity index (χ2v) is 0.793. The minimum Gasteiger partial charge on any atom is -0.301 e. The first kappa shape index (κ1) is 4.07. The summed E-state index contributed by atoms with van der Waals surface area (Å²) in [4.78, 5) is 0. The van der Waals surface area contributed by atoms with Crippen LogP contribution in [0.15, 0.2) is 0 Å². The lowest BCUT2D eigenvalue weighted by molar-refractivity contribution is 0.515. The fourth-order valence-electron chi connectivity index (χ4n) is 0. The minimum absolute atomic E-state index is 2.11. The molecule has 0 rings (SSSR count). The molecule has 0 aromatic rings. The van der Waals surface area contributed by atoms with Crippen LogP contribution in [0.5, 0.6) is 0 Å². The van der Waals surface area contributed by atoms with Crippen molar-refractivity contribution in [3.8, 4) is 0 Å². The summed E-state index contributed by atoms with van der Waals surface area (Å²) in [6, 6.07) is 0. The number of hydrogen-bond acceptors (Lipinski definition) is 1. The molecule has 3 nitrogen and oxygen atoms in total. The molecule has 0 bridgehead atoms. The third kappa shape index (κ3) is 484. The molecule has 4 heavy (non-hydrogen) atoms. The van der Waals surface area contributed by atoms with Crippen LogP contribution < -0.4 is 0 Å². The molecular formula is H3NO2S. The third-order valence-electron chi connectivity index (χ3n) is 0. The lowest BCUT2D eigenvalue weighted by Crippen LogP contribution is -1.70. The molecule has 3 N–H and O–H groups in total. The normalized spacial score (nSPS) is 8.75. The minimum atomic E-state index is -2.11. The summed E-state index contributed by atoms with van der Waals surface area (Å²) in [5.74, 6) is 0. The van der Waals surface area contributed by atoms with Gasteiger partial charge in [-0.3, -0.25) is 0 Å². The maximum absolute atomic E-state index is 7.31. The summed E-state index contributed by atoms with van der Waals surface area (Å²) in [6.07, 6.45) is 0. The summed E-state index contributed by atoms with van der Waals surface area (Å²) in [5, 5.41) is 0. The van der Waals surface area contributed by atoms with Crippen LogP contribution in [-0.2, 0) is 11.3 Å². The molecule has 0 aliphatic carbocycles. The first-order valence-corrected chi connectivity index (χ1v) is 1.71. The molecule has 0 aromatic heterocycles.